The molecule has 0 saturated heterocycles. The molecule has 82 valence electrons. The molecule has 0 aliphatic heterocycles. The van der Waals surface area contributed by atoms with Gasteiger partial charge in [0.2, 0.25) is 0 Å². The van der Waals surface area contributed by atoms with Crippen LogP contribution in [0.25, 0.3) is 0 Å². The molecule has 14 heavy (non-hydrogen) atoms. The van der Waals surface area contributed by atoms with Crippen LogP contribution in [0.3, 0.4) is 0 Å². The molecule has 0 aromatic heterocycles. The molecule has 2 atom stereocenters. The van der Waals surface area contributed by atoms with Gasteiger partial charge in [-0.1, -0.05) is 25.7 Å². The first-order valence-corrected chi connectivity index (χ1v) is 6.25. The minimum atomic E-state index is 0.408. The predicted octanol–water partition coefficient (Wildman–Crippen LogP) is 2.61. The van der Waals surface area contributed by atoms with Crippen molar-refractivity contribution in [3.05, 3.63) is 0 Å². The van der Waals surface area contributed by atoms with Crippen LogP contribution in [0.15, 0.2) is 0 Å². The summed E-state index contributed by atoms with van der Waals surface area (Å²) in [6.45, 7) is 0. The van der Waals surface area contributed by atoms with Gasteiger partial charge in [0.25, 0.3) is 0 Å². The summed E-state index contributed by atoms with van der Waals surface area (Å²) in [7, 11) is 0. The molecule has 0 spiro atoms. The maximum absolute atomic E-state index is 6.12. The Labute approximate surface area is 87.2 Å². The van der Waals surface area contributed by atoms with E-state index in [1.807, 2.05) is 0 Å². The lowest BCUT2D eigenvalue weighted by molar-refractivity contribution is -0.0157. The molecule has 2 heteroatoms. The van der Waals surface area contributed by atoms with Crippen LogP contribution in [0, 0.1) is 0 Å². The fourth-order valence-electron chi connectivity index (χ4n) is 2.75. The monoisotopic (exact) mass is 197 g/mol. The normalized spacial score (nSPS) is 35.8. The molecule has 0 amide bonds. The standard InChI is InChI=1S/C12H23NO/c13-10-7-8-12(9-10)14-11-5-3-1-2-4-6-11/h10-12H,1-9,13H2. The van der Waals surface area contributed by atoms with E-state index in [-0.39, 0.29) is 0 Å². The van der Waals surface area contributed by atoms with Gasteiger partial charge in [-0.15, -0.1) is 0 Å². The van der Waals surface area contributed by atoms with Crippen molar-refractivity contribution >= 4 is 0 Å². The summed E-state index contributed by atoms with van der Waals surface area (Å²) in [6.07, 6.45) is 12.6. The Kier molecular flexibility index (Phi) is 3.82. The second kappa shape index (κ2) is 5.13. The summed E-state index contributed by atoms with van der Waals surface area (Å²) in [6, 6.07) is 0.408. The van der Waals surface area contributed by atoms with Gasteiger partial charge in [0.15, 0.2) is 0 Å². The Hall–Kier alpha value is -0.0800. The van der Waals surface area contributed by atoms with Crippen molar-refractivity contribution in [3.63, 3.8) is 0 Å². The zero-order chi connectivity index (χ0) is 9.80. The van der Waals surface area contributed by atoms with Crippen molar-refractivity contribution in [2.24, 2.45) is 5.73 Å². The lowest BCUT2D eigenvalue weighted by atomic mass is 10.1. The molecule has 2 aliphatic rings. The second-order valence-electron chi connectivity index (χ2n) is 4.94. The maximum atomic E-state index is 6.12. The molecule has 0 radical (unpaired) electrons. The molecule has 0 aromatic carbocycles. The van der Waals surface area contributed by atoms with E-state index in [9.17, 15) is 0 Å². The van der Waals surface area contributed by atoms with E-state index < -0.39 is 0 Å². The molecule has 2 rings (SSSR count). The van der Waals surface area contributed by atoms with Gasteiger partial charge >= 0.3 is 0 Å². The van der Waals surface area contributed by atoms with E-state index in [1.165, 1.54) is 44.9 Å². The highest BCUT2D eigenvalue weighted by atomic mass is 16.5. The van der Waals surface area contributed by atoms with Crippen molar-refractivity contribution in [2.45, 2.75) is 76.0 Å². The van der Waals surface area contributed by atoms with Crippen LogP contribution in [0.1, 0.15) is 57.8 Å². The SMILES string of the molecule is NC1CCC(OC2CCCCCC2)C1. The first-order chi connectivity index (χ1) is 6.84. The number of rotatable bonds is 2. The van der Waals surface area contributed by atoms with Crippen molar-refractivity contribution < 1.29 is 4.74 Å². The third-order valence-corrected chi connectivity index (χ3v) is 3.61. The third kappa shape index (κ3) is 2.96. The maximum Gasteiger partial charge on any atom is 0.0594 e. The highest BCUT2D eigenvalue weighted by Crippen LogP contribution is 2.26. The Morgan fingerprint density at radius 3 is 2.07 bits per heavy atom. The number of hydrogen-bond acceptors (Lipinski definition) is 2. The van der Waals surface area contributed by atoms with E-state index in [0.717, 1.165) is 12.8 Å². The van der Waals surface area contributed by atoms with Crippen LogP contribution in [-0.4, -0.2) is 18.2 Å². The van der Waals surface area contributed by atoms with Crippen molar-refractivity contribution in [1.29, 1.82) is 0 Å². The zero-order valence-corrected chi connectivity index (χ0v) is 9.08. The van der Waals surface area contributed by atoms with E-state index >= 15 is 0 Å². The first kappa shape index (κ1) is 10.4. The lowest BCUT2D eigenvalue weighted by Crippen LogP contribution is -2.22. The van der Waals surface area contributed by atoms with Crippen LogP contribution >= 0.6 is 0 Å². The molecule has 2 N–H and O–H groups in total. The summed E-state index contributed by atoms with van der Waals surface area (Å²) in [5.74, 6) is 0. The molecule has 2 aliphatic carbocycles. The minimum Gasteiger partial charge on any atom is -0.375 e. The largest absolute Gasteiger partial charge is 0.375 e. The number of hydrogen-bond donors (Lipinski definition) is 1. The molecule has 2 saturated carbocycles. The zero-order valence-electron chi connectivity index (χ0n) is 9.08. The van der Waals surface area contributed by atoms with E-state index in [2.05, 4.69) is 0 Å². The number of nitrogens with two attached hydrogens (primary N) is 1. The van der Waals surface area contributed by atoms with Gasteiger partial charge in [0.05, 0.1) is 12.2 Å². The number of ether oxygens (including phenoxy) is 1. The summed E-state index contributed by atoms with van der Waals surface area (Å²) >= 11 is 0. The Morgan fingerprint density at radius 1 is 0.786 bits per heavy atom. The second-order valence-corrected chi connectivity index (χ2v) is 4.94. The van der Waals surface area contributed by atoms with E-state index in [0.29, 0.717) is 18.2 Å². The quantitative estimate of drug-likeness (QED) is 0.691. The fraction of sp³-hybridized carbons (Fsp3) is 1.00. The van der Waals surface area contributed by atoms with Crippen LogP contribution in [0.2, 0.25) is 0 Å². The van der Waals surface area contributed by atoms with Crippen LogP contribution in [0.4, 0.5) is 0 Å². The van der Waals surface area contributed by atoms with Gasteiger partial charge in [-0.05, 0) is 32.1 Å². The molecule has 0 heterocycles. The van der Waals surface area contributed by atoms with Crippen LogP contribution in [-0.2, 0) is 4.74 Å². The van der Waals surface area contributed by atoms with Crippen LogP contribution in [0.5, 0.6) is 0 Å². The smallest absolute Gasteiger partial charge is 0.0594 e. The third-order valence-electron chi connectivity index (χ3n) is 3.61. The average molecular weight is 197 g/mol. The molecule has 2 unspecified atom stereocenters. The fourth-order valence-corrected chi connectivity index (χ4v) is 2.75. The van der Waals surface area contributed by atoms with Gasteiger partial charge in [-0.3, -0.25) is 0 Å². The Balaban J connectivity index is 1.72. The van der Waals surface area contributed by atoms with Crippen molar-refractivity contribution in [1.82, 2.24) is 0 Å². The van der Waals surface area contributed by atoms with Gasteiger partial charge in [0.1, 0.15) is 0 Å². The summed E-state index contributed by atoms with van der Waals surface area (Å²) in [4.78, 5) is 0. The topological polar surface area (TPSA) is 35.2 Å². The van der Waals surface area contributed by atoms with Gasteiger partial charge in [-0.25, -0.2) is 0 Å². The highest BCUT2D eigenvalue weighted by Gasteiger charge is 2.25. The lowest BCUT2D eigenvalue weighted by Gasteiger charge is -2.20. The predicted molar refractivity (Wildman–Crippen MR) is 58.2 cm³/mol. The summed E-state index contributed by atoms with van der Waals surface area (Å²) < 4.78 is 6.12. The molecule has 0 bridgehead atoms. The molecule has 2 fully saturated rings. The van der Waals surface area contributed by atoms with Gasteiger partial charge < -0.3 is 10.5 Å². The first-order valence-electron chi connectivity index (χ1n) is 6.25. The van der Waals surface area contributed by atoms with Gasteiger partial charge in [0, 0.05) is 6.04 Å². The van der Waals surface area contributed by atoms with E-state index in [4.69, 9.17) is 10.5 Å². The highest BCUT2D eigenvalue weighted by molar-refractivity contribution is 4.79. The molecular formula is C12H23NO. The Morgan fingerprint density at radius 2 is 1.50 bits per heavy atom. The Bertz CT molecular complexity index is 164. The summed E-state index contributed by atoms with van der Waals surface area (Å²) in [5, 5.41) is 0. The van der Waals surface area contributed by atoms with Crippen molar-refractivity contribution in [2.75, 3.05) is 0 Å². The molecule has 2 nitrogen and oxygen atoms in total. The molecular weight excluding hydrogens is 174 g/mol. The minimum absolute atomic E-state index is 0.408. The average Bonchev–Trinajstić information content (AvgIpc) is 2.43. The van der Waals surface area contributed by atoms with Gasteiger partial charge in [-0.2, -0.15) is 0 Å². The van der Waals surface area contributed by atoms with Crippen LogP contribution < -0.4 is 5.73 Å². The molecule has 0 aromatic rings. The van der Waals surface area contributed by atoms with E-state index in [1.54, 1.807) is 0 Å². The summed E-state index contributed by atoms with van der Waals surface area (Å²) in [5.41, 5.74) is 5.88. The van der Waals surface area contributed by atoms with Crippen molar-refractivity contribution in [3.8, 4) is 0 Å².